The molecule has 1 saturated heterocycles. The first-order valence-electron chi connectivity index (χ1n) is 11.7. The summed E-state index contributed by atoms with van der Waals surface area (Å²) in [4.78, 5) is 41.1. The van der Waals surface area contributed by atoms with Crippen LogP contribution < -0.4 is 0 Å². The second-order valence-electron chi connectivity index (χ2n) is 9.90. The predicted molar refractivity (Wildman–Crippen MR) is 127 cm³/mol. The van der Waals surface area contributed by atoms with Gasteiger partial charge in [0.15, 0.2) is 5.78 Å². The number of likely N-dealkylation sites (tertiary alicyclic amines) is 1. The molecular weight excluding hydrogens is 398 g/mol. The van der Waals surface area contributed by atoms with E-state index in [0.717, 1.165) is 31.2 Å². The van der Waals surface area contributed by atoms with E-state index in [1.165, 1.54) is 5.56 Å². The minimum absolute atomic E-state index is 0.0968. The first kappa shape index (κ1) is 23.9. The number of amides is 1. The summed E-state index contributed by atoms with van der Waals surface area (Å²) in [5, 5.41) is 0. The van der Waals surface area contributed by atoms with Gasteiger partial charge in [-0.2, -0.15) is 0 Å². The zero-order chi connectivity index (χ0) is 23.1. The zero-order valence-electron chi connectivity index (χ0n) is 19.5. The number of hydrogen-bond donors (Lipinski definition) is 0. The van der Waals surface area contributed by atoms with Gasteiger partial charge in [-0.05, 0) is 49.7 Å². The molecule has 2 aromatic carbocycles. The Balaban J connectivity index is 1.81. The maximum Gasteiger partial charge on any atom is 0.291 e. The lowest BCUT2D eigenvalue weighted by atomic mass is 9.82. The van der Waals surface area contributed by atoms with Crippen LogP contribution in [0.15, 0.2) is 60.7 Å². The third-order valence-electron chi connectivity index (χ3n) is 6.32. The number of nitrogens with zero attached hydrogens (tertiary/aromatic N) is 1. The van der Waals surface area contributed by atoms with Gasteiger partial charge in [0.1, 0.15) is 0 Å². The van der Waals surface area contributed by atoms with Gasteiger partial charge in [0.2, 0.25) is 5.78 Å². The van der Waals surface area contributed by atoms with E-state index in [1.807, 2.05) is 36.4 Å². The van der Waals surface area contributed by atoms with Crippen LogP contribution in [-0.4, -0.2) is 35.0 Å². The average molecular weight is 434 g/mol. The van der Waals surface area contributed by atoms with E-state index in [1.54, 1.807) is 25.7 Å². The Hall–Kier alpha value is -2.75. The summed E-state index contributed by atoms with van der Waals surface area (Å²) in [5.74, 6) is -1.02. The molecular formula is C28H35NO3. The van der Waals surface area contributed by atoms with Crippen molar-refractivity contribution in [2.45, 2.75) is 65.3 Å². The maximum atomic E-state index is 13.8. The van der Waals surface area contributed by atoms with Crippen molar-refractivity contribution in [3.63, 3.8) is 0 Å². The van der Waals surface area contributed by atoms with E-state index < -0.39 is 23.1 Å². The molecule has 32 heavy (non-hydrogen) atoms. The Kier molecular flexibility index (Phi) is 8.00. The van der Waals surface area contributed by atoms with E-state index in [4.69, 9.17) is 0 Å². The highest BCUT2D eigenvalue weighted by molar-refractivity contribution is 6.38. The minimum atomic E-state index is -0.751. The maximum absolute atomic E-state index is 13.8. The van der Waals surface area contributed by atoms with Crippen molar-refractivity contribution in [1.82, 2.24) is 4.90 Å². The van der Waals surface area contributed by atoms with Gasteiger partial charge in [-0.15, -0.1) is 0 Å². The Morgan fingerprint density at radius 1 is 0.906 bits per heavy atom. The zero-order valence-corrected chi connectivity index (χ0v) is 19.5. The Bertz CT molecular complexity index is 915. The van der Waals surface area contributed by atoms with E-state index in [0.29, 0.717) is 19.4 Å². The number of piperidine rings is 1. The van der Waals surface area contributed by atoms with Crippen LogP contribution in [0.25, 0.3) is 0 Å². The van der Waals surface area contributed by atoms with Gasteiger partial charge in [-0.3, -0.25) is 14.4 Å². The number of carbonyl (C=O) groups excluding carboxylic acids is 3. The van der Waals surface area contributed by atoms with Crippen molar-refractivity contribution in [3.05, 3.63) is 71.8 Å². The summed E-state index contributed by atoms with van der Waals surface area (Å²) in [6, 6.07) is 19.8. The lowest BCUT2D eigenvalue weighted by molar-refractivity contribution is -0.153. The standard InChI is InChI=1S/C28H35NO3/c1-28(2,3)26(31)27(32)29-19-11-10-16-24(29)25(30)23(20-22-14-8-5-9-15-22)18-17-21-12-6-4-7-13-21/h4-9,12-15,23-24H,10-11,16-20H2,1-3H3. The Labute approximate surface area is 192 Å². The largest absolute Gasteiger partial charge is 0.326 e. The summed E-state index contributed by atoms with van der Waals surface area (Å²) in [7, 11) is 0. The fourth-order valence-corrected chi connectivity index (χ4v) is 4.42. The molecule has 4 nitrogen and oxygen atoms in total. The van der Waals surface area contributed by atoms with Crippen molar-refractivity contribution in [2.24, 2.45) is 11.3 Å². The quantitative estimate of drug-likeness (QED) is 0.548. The molecule has 0 aromatic heterocycles. The average Bonchev–Trinajstić information content (AvgIpc) is 2.81. The highest BCUT2D eigenvalue weighted by Crippen LogP contribution is 2.27. The van der Waals surface area contributed by atoms with Gasteiger partial charge in [-0.25, -0.2) is 0 Å². The normalized spacial score (nSPS) is 17.6. The fraction of sp³-hybridized carbons (Fsp3) is 0.464. The third-order valence-corrected chi connectivity index (χ3v) is 6.32. The molecule has 0 spiro atoms. The Morgan fingerprint density at radius 2 is 1.50 bits per heavy atom. The van der Waals surface area contributed by atoms with E-state index in [-0.39, 0.29) is 11.7 Å². The van der Waals surface area contributed by atoms with Crippen LogP contribution in [0.4, 0.5) is 0 Å². The van der Waals surface area contributed by atoms with Gasteiger partial charge in [0.25, 0.3) is 5.91 Å². The number of Topliss-reactive ketones (excluding diaryl/α,β-unsaturated/α-hetero) is 2. The second kappa shape index (κ2) is 10.7. The van der Waals surface area contributed by atoms with E-state index in [2.05, 4.69) is 24.3 Å². The number of ketones is 2. The molecule has 2 aromatic rings. The number of aryl methyl sites for hydroxylation is 1. The molecule has 0 aliphatic carbocycles. The fourth-order valence-electron chi connectivity index (χ4n) is 4.42. The van der Waals surface area contributed by atoms with Crippen LogP contribution >= 0.6 is 0 Å². The first-order valence-corrected chi connectivity index (χ1v) is 11.7. The van der Waals surface area contributed by atoms with Gasteiger partial charge < -0.3 is 4.90 Å². The van der Waals surface area contributed by atoms with Crippen LogP contribution in [0.2, 0.25) is 0 Å². The summed E-state index contributed by atoms with van der Waals surface area (Å²) >= 11 is 0. The lowest BCUT2D eigenvalue weighted by Crippen LogP contribution is -2.53. The number of benzene rings is 2. The second-order valence-corrected chi connectivity index (χ2v) is 9.90. The molecule has 2 unspecified atom stereocenters. The molecule has 0 bridgehead atoms. The summed E-state index contributed by atoms with van der Waals surface area (Å²) in [6.45, 7) is 5.75. The molecule has 0 radical (unpaired) electrons. The van der Waals surface area contributed by atoms with E-state index in [9.17, 15) is 14.4 Å². The third kappa shape index (κ3) is 6.15. The number of rotatable bonds is 8. The minimum Gasteiger partial charge on any atom is -0.326 e. The van der Waals surface area contributed by atoms with Crippen molar-refractivity contribution in [2.75, 3.05) is 6.54 Å². The van der Waals surface area contributed by atoms with E-state index >= 15 is 0 Å². The lowest BCUT2D eigenvalue weighted by Gasteiger charge is -2.37. The molecule has 1 fully saturated rings. The molecule has 0 N–H and O–H groups in total. The number of carbonyl (C=O) groups is 3. The molecule has 1 aliphatic rings. The van der Waals surface area contributed by atoms with Gasteiger partial charge in [0.05, 0.1) is 6.04 Å². The molecule has 0 saturated carbocycles. The highest BCUT2D eigenvalue weighted by atomic mass is 16.2. The first-order chi connectivity index (χ1) is 15.3. The van der Waals surface area contributed by atoms with Crippen LogP contribution in [-0.2, 0) is 27.2 Å². The summed E-state index contributed by atoms with van der Waals surface area (Å²) in [6.07, 6.45) is 4.56. The van der Waals surface area contributed by atoms with Gasteiger partial charge in [-0.1, -0.05) is 81.4 Å². The number of hydrogen-bond acceptors (Lipinski definition) is 3. The summed E-state index contributed by atoms with van der Waals surface area (Å²) in [5.41, 5.74) is 1.58. The molecule has 170 valence electrons. The van der Waals surface area contributed by atoms with Crippen LogP contribution in [0.3, 0.4) is 0 Å². The van der Waals surface area contributed by atoms with Crippen molar-refractivity contribution >= 4 is 17.5 Å². The van der Waals surface area contributed by atoms with Crippen LogP contribution in [0.1, 0.15) is 57.6 Å². The van der Waals surface area contributed by atoms with Crippen LogP contribution in [0.5, 0.6) is 0 Å². The molecule has 1 amide bonds. The van der Waals surface area contributed by atoms with Gasteiger partial charge >= 0.3 is 0 Å². The molecule has 4 heteroatoms. The topological polar surface area (TPSA) is 54.5 Å². The molecule has 1 heterocycles. The highest BCUT2D eigenvalue weighted by Gasteiger charge is 2.40. The van der Waals surface area contributed by atoms with Crippen LogP contribution in [0, 0.1) is 11.3 Å². The van der Waals surface area contributed by atoms with Crippen molar-refractivity contribution < 1.29 is 14.4 Å². The van der Waals surface area contributed by atoms with Crippen molar-refractivity contribution in [3.8, 4) is 0 Å². The smallest absolute Gasteiger partial charge is 0.291 e. The van der Waals surface area contributed by atoms with Crippen molar-refractivity contribution in [1.29, 1.82) is 0 Å². The Morgan fingerprint density at radius 3 is 2.09 bits per heavy atom. The van der Waals surface area contributed by atoms with Gasteiger partial charge in [0, 0.05) is 17.9 Å². The molecule has 2 atom stereocenters. The molecule has 1 aliphatic heterocycles. The molecule has 3 rings (SSSR count). The SMILES string of the molecule is CC(C)(C)C(=O)C(=O)N1CCCCC1C(=O)C(CCc1ccccc1)Cc1ccccc1. The predicted octanol–water partition coefficient (Wildman–Crippen LogP) is 5.04. The summed E-state index contributed by atoms with van der Waals surface area (Å²) < 4.78 is 0. The monoisotopic (exact) mass is 433 g/mol.